The van der Waals surface area contributed by atoms with Gasteiger partial charge >= 0.3 is 0 Å². The van der Waals surface area contributed by atoms with Gasteiger partial charge in [0.1, 0.15) is 0 Å². The molecule has 2 heterocycles. The number of nitrogens with one attached hydrogen (secondary N) is 1. The van der Waals surface area contributed by atoms with Gasteiger partial charge in [0.2, 0.25) is 5.91 Å². The van der Waals surface area contributed by atoms with Crippen LogP contribution in [0.5, 0.6) is 0 Å². The van der Waals surface area contributed by atoms with Crippen molar-refractivity contribution in [1.82, 2.24) is 10.3 Å². The lowest BCUT2D eigenvalue weighted by Crippen LogP contribution is -2.33. The molecule has 1 amide bonds. The van der Waals surface area contributed by atoms with Crippen molar-refractivity contribution in [3.8, 4) is 0 Å². The molecule has 0 bridgehead atoms. The minimum atomic E-state index is 0.0667. The number of pyridine rings is 1. The Balaban J connectivity index is 1.41. The summed E-state index contributed by atoms with van der Waals surface area (Å²) in [6.45, 7) is 2.82. The van der Waals surface area contributed by atoms with Gasteiger partial charge in [0.15, 0.2) is 0 Å². The number of para-hydroxylation sites is 1. The molecule has 0 saturated heterocycles. The highest BCUT2D eigenvalue weighted by atomic mass is 16.1. The van der Waals surface area contributed by atoms with Gasteiger partial charge in [-0.1, -0.05) is 24.3 Å². The van der Waals surface area contributed by atoms with E-state index in [9.17, 15) is 4.79 Å². The molecule has 120 valence electrons. The van der Waals surface area contributed by atoms with Crippen molar-refractivity contribution >= 4 is 11.6 Å². The quantitative estimate of drug-likeness (QED) is 0.834. The van der Waals surface area contributed by atoms with Gasteiger partial charge in [-0.05, 0) is 42.5 Å². The first kappa shape index (κ1) is 15.5. The van der Waals surface area contributed by atoms with Crippen LogP contribution in [0.3, 0.4) is 0 Å². The minimum absolute atomic E-state index is 0.0667. The van der Waals surface area contributed by atoms with Crippen LogP contribution in [0.15, 0.2) is 48.8 Å². The Kier molecular flexibility index (Phi) is 5.25. The maximum atomic E-state index is 11.9. The molecule has 1 aliphatic heterocycles. The molecular weight excluding hydrogens is 286 g/mol. The van der Waals surface area contributed by atoms with E-state index in [0.717, 1.165) is 31.6 Å². The third-order valence-electron chi connectivity index (χ3n) is 4.22. The summed E-state index contributed by atoms with van der Waals surface area (Å²) >= 11 is 0. The maximum Gasteiger partial charge on any atom is 0.224 e. The molecule has 0 unspecified atom stereocenters. The highest BCUT2D eigenvalue weighted by Crippen LogP contribution is 2.26. The van der Waals surface area contributed by atoms with Gasteiger partial charge < -0.3 is 10.2 Å². The molecule has 4 heteroatoms. The van der Waals surface area contributed by atoms with Gasteiger partial charge in [0, 0.05) is 37.7 Å². The Labute approximate surface area is 137 Å². The van der Waals surface area contributed by atoms with Gasteiger partial charge in [0.05, 0.1) is 6.42 Å². The molecule has 1 aliphatic rings. The van der Waals surface area contributed by atoms with Crippen LogP contribution in [0, 0.1) is 0 Å². The van der Waals surface area contributed by atoms with Crippen molar-refractivity contribution in [2.75, 3.05) is 24.5 Å². The van der Waals surface area contributed by atoms with E-state index in [2.05, 4.69) is 39.5 Å². The summed E-state index contributed by atoms with van der Waals surface area (Å²) in [4.78, 5) is 18.4. The van der Waals surface area contributed by atoms with E-state index in [1.165, 1.54) is 24.1 Å². The van der Waals surface area contributed by atoms with Crippen molar-refractivity contribution in [1.29, 1.82) is 0 Å². The molecule has 0 aliphatic carbocycles. The number of aromatic nitrogens is 1. The number of amides is 1. The first-order chi connectivity index (χ1) is 11.3. The van der Waals surface area contributed by atoms with Crippen LogP contribution >= 0.6 is 0 Å². The average molecular weight is 309 g/mol. The molecule has 0 fully saturated rings. The van der Waals surface area contributed by atoms with Gasteiger partial charge in [-0.2, -0.15) is 0 Å². The van der Waals surface area contributed by atoms with Crippen LogP contribution in [-0.4, -0.2) is 30.5 Å². The van der Waals surface area contributed by atoms with Crippen LogP contribution in [0.1, 0.15) is 24.0 Å². The van der Waals surface area contributed by atoms with E-state index < -0.39 is 0 Å². The van der Waals surface area contributed by atoms with Crippen molar-refractivity contribution < 1.29 is 4.79 Å². The number of aryl methyl sites for hydroxylation is 1. The standard InChI is InChI=1S/C19H23N3O/c23-19(14-16-6-3-10-20-15-16)21-11-5-13-22-12-4-8-17-7-1-2-9-18(17)22/h1-3,6-7,9-10,15H,4-5,8,11-14H2,(H,21,23). The number of nitrogens with zero attached hydrogens (tertiary/aromatic N) is 2. The number of benzene rings is 1. The molecular formula is C19H23N3O. The second kappa shape index (κ2) is 7.77. The van der Waals surface area contributed by atoms with E-state index in [0.29, 0.717) is 6.42 Å². The zero-order chi connectivity index (χ0) is 15.9. The summed E-state index contributed by atoms with van der Waals surface area (Å²) in [6.07, 6.45) is 7.22. The van der Waals surface area contributed by atoms with Crippen LogP contribution in [-0.2, 0) is 17.6 Å². The molecule has 0 radical (unpaired) electrons. The fourth-order valence-corrected chi connectivity index (χ4v) is 3.09. The summed E-state index contributed by atoms with van der Waals surface area (Å²) in [5.74, 6) is 0.0667. The van der Waals surface area contributed by atoms with E-state index in [1.54, 1.807) is 12.4 Å². The molecule has 1 aromatic carbocycles. The third-order valence-corrected chi connectivity index (χ3v) is 4.22. The number of carbonyl (C=O) groups excluding carboxylic acids is 1. The largest absolute Gasteiger partial charge is 0.371 e. The van der Waals surface area contributed by atoms with E-state index in [1.807, 2.05) is 12.1 Å². The molecule has 3 rings (SSSR count). The monoisotopic (exact) mass is 309 g/mol. The number of anilines is 1. The first-order valence-corrected chi connectivity index (χ1v) is 8.31. The van der Waals surface area contributed by atoms with Crippen LogP contribution in [0.25, 0.3) is 0 Å². The Morgan fingerprint density at radius 1 is 1.22 bits per heavy atom. The molecule has 2 aromatic rings. The zero-order valence-electron chi connectivity index (χ0n) is 13.4. The zero-order valence-corrected chi connectivity index (χ0v) is 13.4. The predicted molar refractivity (Wildman–Crippen MR) is 92.5 cm³/mol. The van der Waals surface area contributed by atoms with Gasteiger partial charge in [-0.3, -0.25) is 9.78 Å². The number of fused-ring (bicyclic) bond motifs is 1. The van der Waals surface area contributed by atoms with Crippen LogP contribution < -0.4 is 10.2 Å². The smallest absolute Gasteiger partial charge is 0.224 e. The first-order valence-electron chi connectivity index (χ1n) is 8.31. The third kappa shape index (κ3) is 4.31. The Morgan fingerprint density at radius 3 is 3.00 bits per heavy atom. The molecule has 0 spiro atoms. The summed E-state index contributed by atoms with van der Waals surface area (Å²) in [5.41, 5.74) is 3.76. The lowest BCUT2D eigenvalue weighted by atomic mass is 10.0. The Bertz CT molecular complexity index is 642. The minimum Gasteiger partial charge on any atom is -0.371 e. The number of hydrogen-bond acceptors (Lipinski definition) is 3. The lowest BCUT2D eigenvalue weighted by Gasteiger charge is -2.31. The normalized spacial score (nSPS) is 13.5. The number of rotatable bonds is 6. The molecule has 1 aromatic heterocycles. The summed E-state index contributed by atoms with van der Waals surface area (Å²) < 4.78 is 0. The number of hydrogen-bond donors (Lipinski definition) is 1. The second-order valence-corrected chi connectivity index (χ2v) is 5.96. The van der Waals surface area contributed by atoms with Crippen molar-refractivity contribution in [2.24, 2.45) is 0 Å². The van der Waals surface area contributed by atoms with Gasteiger partial charge in [-0.25, -0.2) is 0 Å². The summed E-state index contributed by atoms with van der Waals surface area (Å²) in [7, 11) is 0. The van der Waals surface area contributed by atoms with Crippen molar-refractivity contribution in [3.63, 3.8) is 0 Å². The number of carbonyl (C=O) groups is 1. The van der Waals surface area contributed by atoms with E-state index in [-0.39, 0.29) is 5.91 Å². The second-order valence-electron chi connectivity index (χ2n) is 5.96. The fraction of sp³-hybridized carbons (Fsp3) is 0.368. The molecule has 4 nitrogen and oxygen atoms in total. The Morgan fingerprint density at radius 2 is 2.13 bits per heavy atom. The average Bonchev–Trinajstić information content (AvgIpc) is 2.60. The molecule has 23 heavy (non-hydrogen) atoms. The van der Waals surface area contributed by atoms with Crippen molar-refractivity contribution in [3.05, 3.63) is 59.9 Å². The summed E-state index contributed by atoms with van der Waals surface area (Å²) in [6, 6.07) is 12.4. The summed E-state index contributed by atoms with van der Waals surface area (Å²) in [5, 5.41) is 3.00. The van der Waals surface area contributed by atoms with Crippen LogP contribution in [0.2, 0.25) is 0 Å². The SMILES string of the molecule is O=C(Cc1cccnc1)NCCCN1CCCc2ccccc21. The van der Waals surface area contributed by atoms with Crippen molar-refractivity contribution in [2.45, 2.75) is 25.7 Å². The van der Waals surface area contributed by atoms with Crippen LogP contribution in [0.4, 0.5) is 5.69 Å². The Hall–Kier alpha value is -2.36. The molecule has 0 atom stereocenters. The predicted octanol–water partition coefficient (Wildman–Crippen LogP) is 2.58. The lowest BCUT2D eigenvalue weighted by molar-refractivity contribution is -0.120. The highest BCUT2D eigenvalue weighted by molar-refractivity contribution is 5.78. The van der Waals surface area contributed by atoms with Gasteiger partial charge in [0.25, 0.3) is 0 Å². The topological polar surface area (TPSA) is 45.2 Å². The van der Waals surface area contributed by atoms with E-state index >= 15 is 0 Å². The highest BCUT2D eigenvalue weighted by Gasteiger charge is 2.15. The molecule has 0 saturated carbocycles. The molecule has 1 N–H and O–H groups in total. The van der Waals surface area contributed by atoms with E-state index in [4.69, 9.17) is 0 Å². The van der Waals surface area contributed by atoms with Gasteiger partial charge in [-0.15, -0.1) is 0 Å². The fourth-order valence-electron chi connectivity index (χ4n) is 3.09. The maximum absolute atomic E-state index is 11.9.